The molecule has 20 heavy (non-hydrogen) atoms. The van der Waals surface area contributed by atoms with E-state index in [1.165, 1.54) is 6.42 Å². The molecule has 1 aliphatic heterocycles. The summed E-state index contributed by atoms with van der Waals surface area (Å²) in [7, 11) is 1.78. The second kappa shape index (κ2) is 7.81. The van der Waals surface area contributed by atoms with E-state index in [0.717, 1.165) is 50.9 Å². The lowest BCUT2D eigenvalue weighted by atomic mass is 10.1. The van der Waals surface area contributed by atoms with Crippen LogP contribution in [-0.2, 0) is 17.8 Å². The largest absolute Gasteiger partial charge is 0.463 e. The quantitative estimate of drug-likeness (QED) is 0.794. The molecule has 0 aromatic carbocycles. The van der Waals surface area contributed by atoms with Crippen LogP contribution in [0.25, 0.3) is 0 Å². The predicted molar refractivity (Wildman–Crippen MR) is 80.5 cm³/mol. The lowest BCUT2D eigenvalue weighted by molar-refractivity contribution is 0.151. The highest BCUT2D eigenvalue weighted by Crippen LogP contribution is 2.19. The van der Waals surface area contributed by atoms with Crippen LogP contribution in [0.1, 0.15) is 31.8 Å². The van der Waals surface area contributed by atoms with Gasteiger partial charge in [-0.25, -0.2) is 0 Å². The summed E-state index contributed by atoms with van der Waals surface area (Å²) in [5, 5.41) is 3.41. The molecule has 1 N–H and O–H groups in total. The van der Waals surface area contributed by atoms with Gasteiger partial charge in [0.2, 0.25) is 0 Å². The molecule has 0 bridgehead atoms. The Morgan fingerprint density at radius 1 is 1.40 bits per heavy atom. The number of rotatable bonds is 8. The maximum absolute atomic E-state index is 5.89. The number of likely N-dealkylation sites (tertiary alicyclic amines) is 1. The molecule has 1 aromatic rings. The van der Waals surface area contributed by atoms with Crippen molar-refractivity contribution in [3.8, 4) is 0 Å². The molecule has 0 saturated carbocycles. The molecule has 4 nitrogen and oxygen atoms in total. The molecule has 1 atom stereocenters. The molecule has 0 aliphatic carbocycles. The van der Waals surface area contributed by atoms with Gasteiger partial charge in [0.1, 0.15) is 11.5 Å². The van der Waals surface area contributed by atoms with Gasteiger partial charge in [-0.3, -0.25) is 4.90 Å². The molecular formula is C16H28N2O2. The molecule has 1 aromatic heterocycles. The van der Waals surface area contributed by atoms with Gasteiger partial charge in [-0.05, 0) is 43.5 Å². The van der Waals surface area contributed by atoms with Gasteiger partial charge >= 0.3 is 0 Å². The Labute approximate surface area is 122 Å². The Morgan fingerprint density at radius 2 is 2.20 bits per heavy atom. The molecule has 4 heteroatoms. The first-order chi connectivity index (χ1) is 9.67. The number of nitrogens with one attached hydrogen (secondary N) is 1. The van der Waals surface area contributed by atoms with Crippen LogP contribution in [0.3, 0.4) is 0 Å². The van der Waals surface area contributed by atoms with E-state index >= 15 is 0 Å². The molecule has 2 heterocycles. The van der Waals surface area contributed by atoms with E-state index in [0.29, 0.717) is 11.8 Å². The summed E-state index contributed by atoms with van der Waals surface area (Å²) >= 11 is 0. The molecule has 0 spiro atoms. The van der Waals surface area contributed by atoms with Gasteiger partial charge in [0.15, 0.2) is 0 Å². The van der Waals surface area contributed by atoms with Gasteiger partial charge in [-0.1, -0.05) is 13.8 Å². The van der Waals surface area contributed by atoms with Crippen LogP contribution in [0.4, 0.5) is 0 Å². The van der Waals surface area contributed by atoms with Crippen molar-refractivity contribution < 1.29 is 9.15 Å². The Bertz CT molecular complexity index is 390. The summed E-state index contributed by atoms with van der Waals surface area (Å²) in [6.07, 6.45) is 1.23. The van der Waals surface area contributed by atoms with E-state index in [9.17, 15) is 0 Å². The highest BCUT2D eigenvalue weighted by molar-refractivity contribution is 5.07. The molecule has 1 saturated heterocycles. The average molecular weight is 280 g/mol. The third-order valence-electron chi connectivity index (χ3n) is 3.72. The van der Waals surface area contributed by atoms with Gasteiger partial charge < -0.3 is 14.5 Å². The maximum Gasteiger partial charge on any atom is 0.118 e. The number of furan rings is 1. The summed E-state index contributed by atoms with van der Waals surface area (Å²) in [5.74, 6) is 3.46. The van der Waals surface area contributed by atoms with Crippen molar-refractivity contribution in [2.75, 3.05) is 33.4 Å². The Hall–Kier alpha value is -0.840. The fourth-order valence-corrected chi connectivity index (χ4v) is 2.73. The average Bonchev–Trinajstić information content (AvgIpc) is 3.00. The smallest absolute Gasteiger partial charge is 0.118 e. The summed E-state index contributed by atoms with van der Waals surface area (Å²) in [6, 6.07) is 4.20. The summed E-state index contributed by atoms with van der Waals surface area (Å²) < 4.78 is 11.1. The summed E-state index contributed by atoms with van der Waals surface area (Å²) in [6.45, 7) is 10.3. The zero-order valence-electron chi connectivity index (χ0n) is 13.0. The van der Waals surface area contributed by atoms with Crippen LogP contribution >= 0.6 is 0 Å². The molecule has 1 unspecified atom stereocenters. The first-order valence-corrected chi connectivity index (χ1v) is 7.67. The lowest BCUT2D eigenvalue weighted by Gasteiger charge is -2.14. The Balaban J connectivity index is 1.73. The SMILES string of the molecule is COCC1CCN(Cc2ccc(CNCC(C)C)o2)C1. The highest BCUT2D eigenvalue weighted by atomic mass is 16.5. The molecule has 2 rings (SSSR count). The molecule has 1 fully saturated rings. The molecule has 1 aliphatic rings. The van der Waals surface area contributed by atoms with E-state index in [1.807, 2.05) is 0 Å². The minimum Gasteiger partial charge on any atom is -0.463 e. The van der Waals surface area contributed by atoms with Crippen molar-refractivity contribution in [2.24, 2.45) is 11.8 Å². The summed E-state index contributed by atoms with van der Waals surface area (Å²) in [5.41, 5.74) is 0. The molecule has 114 valence electrons. The third-order valence-corrected chi connectivity index (χ3v) is 3.72. The van der Waals surface area contributed by atoms with Crippen molar-refractivity contribution >= 4 is 0 Å². The monoisotopic (exact) mass is 280 g/mol. The van der Waals surface area contributed by atoms with E-state index in [-0.39, 0.29) is 0 Å². The molecule has 0 amide bonds. The predicted octanol–water partition coefficient (Wildman–Crippen LogP) is 2.49. The van der Waals surface area contributed by atoms with Gasteiger partial charge in [0.05, 0.1) is 19.7 Å². The maximum atomic E-state index is 5.89. The number of ether oxygens (including phenoxy) is 1. The van der Waals surface area contributed by atoms with Crippen LogP contribution < -0.4 is 5.32 Å². The van der Waals surface area contributed by atoms with E-state index in [4.69, 9.17) is 9.15 Å². The van der Waals surface area contributed by atoms with E-state index in [2.05, 4.69) is 36.2 Å². The number of hydrogen-bond acceptors (Lipinski definition) is 4. The van der Waals surface area contributed by atoms with Gasteiger partial charge in [0.25, 0.3) is 0 Å². The number of methoxy groups -OCH3 is 1. The lowest BCUT2D eigenvalue weighted by Crippen LogP contribution is -2.21. The first kappa shape index (κ1) is 15.5. The van der Waals surface area contributed by atoms with Crippen molar-refractivity contribution in [1.82, 2.24) is 10.2 Å². The van der Waals surface area contributed by atoms with Crippen LogP contribution in [0.5, 0.6) is 0 Å². The van der Waals surface area contributed by atoms with Gasteiger partial charge in [0, 0.05) is 13.7 Å². The highest BCUT2D eigenvalue weighted by Gasteiger charge is 2.22. The number of hydrogen-bond donors (Lipinski definition) is 1. The fourth-order valence-electron chi connectivity index (χ4n) is 2.73. The Morgan fingerprint density at radius 3 is 2.95 bits per heavy atom. The van der Waals surface area contributed by atoms with Crippen molar-refractivity contribution in [3.63, 3.8) is 0 Å². The standard InChI is InChI=1S/C16H28N2O2/c1-13(2)8-17-9-15-4-5-16(20-15)11-18-7-6-14(10-18)12-19-3/h4-5,13-14,17H,6-12H2,1-3H3. The fraction of sp³-hybridized carbons (Fsp3) is 0.750. The first-order valence-electron chi connectivity index (χ1n) is 7.67. The van der Waals surface area contributed by atoms with Gasteiger partial charge in [-0.15, -0.1) is 0 Å². The van der Waals surface area contributed by atoms with Crippen molar-refractivity contribution in [1.29, 1.82) is 0 Å². The van der Waals surface area contributed by atoms with Crippen LogP contribution in [0.15, 0.2) is 16.5 Å². The zero-order chi connectivity index (χ0) is 14.4. The minimum atomic E-state index is 0.673. The van der Waals surface area contributed by atoms with Crippen molar-refractivity contribution in [2.45, 2.75) is 33.4 Å². The van der Waals surface area contributed by atoms with E-state index < -0.39 is 0 Å². The van der Waals surface area contributed by atoms with E-state index in [1.54, 1.807) is 7.11 Å². The second-order valence-corrected chi connectivity index (χ2v) is 6.24. The molecule has 0 radical (unpaired) electrons. The number of nitrogens with zero attached hydrogens (tertiary/aromatic N) is 1. The normalized spacial score (nSPS) is 20.1. The van der Waals surface area contributed by atoms with Crippen LogP contribution in [-0.4, -0.2) is 38.3 Å². The van der Waals surface area contributed by atoms with Crippen LogP contribution in [0.2, 0.25) is 0 Å². The van der Waals surface area contributed by atoms with Crippen molar-refractivity contribution in [3.05, 3.63) is 23.7 Å². The topological polar surface area (TPSA) is 37.6 Å². The van der Waals surface area contributed by atoms with Crippen LogP contribution in [0, 0.1) is 11.8 Å². The van der Waals surface area contributed by atoms with Gasteiger partial charge in [-0.2, -0.15) is 0 Å². The zero-order valence-corrected chi connectivity index (χ0v) is 13.0. The third kappa shape index (κ3) is 4.93. The summed E-state index contributed by atoms with van der Waals surface area (Å²) in [4.78, 5) is 2.45. The minimum absolute atomic E-state index is 0.673. The molecular weight excluding hydrogens is 252 g/mol. The second-order valence-electron chi connectivity index (χ2n) is 6.24. The Kier molecular flexibility index (Phi) is 6.07.